The third-order valence-electron chi connectivity index (χ3n) is 11.3. The number of methoxy groups -OCH3 is 1. The van der Waals surface area contributed by atoms with Crippen LogP contribution in [-0.2, 0) is 19.0 Å². The zero-order valence-electron chi connectivity index (χ0n) is 21.4. The summed E-state index contributed by atoms with van der Waals surface area (Å²) >= 11 is 0. The fourth-order valence-corrected chi connectivity index (χ4v) is 10.5. The van der Waals surface area contributed by atoms with Gasteiger partial charge in [-0.25, -0.2) is 4.79 Å². The number of nitrogens with zero attached hydrogens (tertiary/aromatic N) is 1. The van der Waals surface area contributed by atoms with Crippen LogP contribution in [0.1, 0.15) is 56.3 Å². The van der Waals surface area contributed by atoms with Crippen LogP contribution in [-0.4, -0.2) is 72.1 Å². The lowest BCUT2D eigenvalue weighted by atomic mass is 9.42. The second-order valence-corrected chi connectivity index (χ2v) is 12.6. The molecule has 7 fully saturated rings. The molecule has 3 saturated heterocycles. The number of fused-ring (bicyclic) bond motifs is 2. The van der Waals surface area contributed by atoms with Crippen molar-refractivity contribution in [3.05, 3.63) is 35.9 Å². The fraction of sp³-hybridized carbons (Fsp3) is 0.724. The predicted molar refractivity (Wildman–Crippen MR) is 130 cm³/mol. The lowest BCUT2D eigenvalue weighted by molar-refractivity contribution is -0.269. The maximum Gasteiger partial charge on any atom is 0.338 e. The fourth-order valence-electron chi connectivity index (χ4n) is 10.5. The Hall–Kier alpha value is -1.96. The molecule has 3 unspecified atom stereocenters. The van der Waals surface area contributed by atoms with E-state index in [1.54, 1.807) is 19.2 Å². The van der Waals surface area contributed by atoms with Crippen LogP contribution in [0.15, 0.2) is 30.3 Å². The van der Waals surface area contributed by atoms with E-state index in [1.807, 2.05) is 18.2 Å². The molecule has 36 heavy (non-hydrogen) atoms. The van der Waals surface area contributed by atoms with Crippen molar-refractivity contribution in [2.24, 2.45) is 34.5 Å². The highest BCUT2D eigenvalue weighted by atomic mass is 16.6. The summed E-state index contributed by atoms with van der Waals surface area (Å²) in [5.41, 5.74) is -1.23. The van der Waals surface area contributed by atoms with Gasteiger partial charge in [-0.05, 0) is 62.1 Å². The third-order valence-corrected chi connectivity index (χ3v) is 11.3. The molecule has 7 heteroatoms. The molecule has 3 heterocycles. The van der Waals surface area contributed by atoms with E-state index < -0.39 is 17.6 Å². The second-order valence-electron chi connectivity index (χ2n) is 12.6. The minimum absolute atomic E-state index is 0.00435. The number of hydrogen-bond donors (Lipinski definition) is 1. The molecule has 1 aromatic rings. The first-order chi connectivity index (χ1) is 17.3. The Morgan fingerprint density at radius 3 is 2.72 bits per heavy atom. The van der Waals surface area contributed by atoms with Gasteiger partial charge in [0.1, 0.15) is 12.2 Å². The van der Waals surface area contributed by atoms with E-state index in [0.29, 0.717) is 18.4 Å². The van der Waals surface area contributed by atoms with Gasteiger partial charge in [-0.15, -0.1) is 0 Å². The van der Waals surface area contributed by atoms with E-state index in [9.17, 15) is 14.7 Å². The van der Waals surface area contributed by atoms with Crippen molar-refractivity contribution in [2.45, 2.75) is 75.9 Å². The number of benzene rings is 1. The van der Waals surface area contributed by atoms with E-state index in [4.69, 9.17) is 14.2 Å². The molecule has 1 aromatic carbocycles. The first kappa shape index (κ1) is 23.2. The lowest BCUT2D eigenvalue weighted by Gasteiger charge is -2.69. The number of carbonyl (C=O) groups is 2. The molecule has 8 rings (SSSR count). The summed E-state index contributed by atoms with van der Waals surface area (Å²) in [5, 5.41) is 12.6. The monoisotopic (exact) mass is 495 g/mol. The molecule has 11 atom stereocenters. The molecule has 194 valence electrons. The van der Waals surface area contributed by atoms with Crippen LogP contribution in [0.4, 0.5) is 0 Å². The molecule has 3 aliphatic heterocycles. The highest BCUT2D eigenvalue weighted by Gasteiger charge is 2.85. The summed E-state index contributed by atoms with van der Waals surface area (Å²) in [6, 6.07) is 9.13. The van der Waals surface area contributed by atoms with E-state index >= 15 is 0 Å². The van der Waals surface area contributed by atoms with Crippen LogP contribution in [0.3, 0.4) is 0 Å². The average Bonchev–Trinajstić information content (AvgIpc) is 2.92. The number of aliphatic hydroxyl groups is 1. The third kappa shape index (κ3) is 2.60. The molecular formula is C29H37NO6. The predicted octanol–water partition coefficient (Wildman–Crippen LogP) is 3.05. The van der Waals surface area contributed by atoms with E-state index in [1.165, 1.54) is 0 Å². The zero-order chi connectivity index (χ0) is 25.0. The van der Waals surface area contributed by atoms with Crippen LogP contribution >= 0.6 is 0 Å². The molecule has 7 aliphatic rings. The number of esters is 2. The smallest absolute Gasteiger partial charge is 0.338 e. The highest BCUT2D eigenvalue weighted by Crippen LogP contribution is 2.77. The van der Waals surface area contributed by atoms with Crippen molar-refractivity contribution in [2.75, 3.05) is 20.2 Å². The maximum absolute atomic E-state index is 13.5. The lowest BCUT2D eigenvalue weighted by Crippen LogP contribution is -2.76. The Bertz CT molecular complexity index is 1090. The molecule has 0 amide bonds. The zero-order valence-corrected chi connectivity index (χ0v) is 21.4. The molecule has 4 aliphatic carbocycles. The van der Waals surface area contributed by atoms with Gasteiger partial charge in [0, 0.05) is 36.9 Å². The number of rotatable bonds is 4. The van der Waals surface area contributed by atoms with Gasteiger partial charge < -0.3 is 19.3 Å². The molecule has 1 spiro atoms. The molecule has 9 bridgehead atoms. The minimum atomic E-state index is -1.27. The van der Waals surface area contributed by atoms with Crippen LogP contribution < -0.4 is 0 Å². The van der Waals surface area contributed by atoms with Crippen LogP contribution in [0, 0.1) is 34.5 Å². The first-order valence-corrected chi connectivity index (χ1v) is 13.8. The summed E-state index contributed by atoms with van der Waals surface area (Å²) in [7, 11) is 1.79. The maximum atomic E-state index is 13.5. The van der Waals surface area contributed by atoms with Gasteiger partial charge in [0.15, 0.2) is 0 Å². The molecule has 4 saturated carbocycles. The Morgan fingerprint density at radius 1 is 1.22 bits per heavy atom. The molecular weight excluding hydrogens is 458 g/mol. The van der Waals surface area contributed by atoms with Crippen molar-refractivity contribution in [3.8, 4) is 0 Å². The molecule has 0 aromatic heterocycles. The minimum Gasteiger partial charge on any atom is -0.462 e. The standard InChI is InChI=1S/C29H37NO6/c1-4-30-15-27(2)12-11-19(34-3)29-18-14-17-10-13-28(33,20(18)26(32)35-17)21(24(29)30)22(23(27)29)36-25(31)16-8-6-5-7-9-16/h5-9,17-24,33H,4,10-15H2,1-3H3/t17-,18-,19-,20?,21-,22+,23?,24?,27-,28+,29-/m0/s1. The highest BCUT2D eigenvalue weighted by molar-refractivity contribution is 5.89. The Morgan fingerprint density at radius 2 is 2.00 bits per heavy atom. The summed E-state index contributed by atoms with van der Waals surface area (Å²) in [5.74, 6) is -1.62. The average molecular weight is 496 g/mol. The molecule has 7 nitrogen and oxygen atoms in total. The summed E-state index contributed by atoms with van der Waals surface area (Å²) in [4.78, 5) is 29.6. The van der Waals surface area contributed by atoms with Crippen molar-refractivity contribution in [1.82, 2.24) is 4.90 Å². The number of ether oxygens (including phenoxy) is 3. The second kappa shape index (κ2) is 7.55. The quantitative estimate of drug-likeness (QED) is 0.643. The van der Waals surface area contributed by atoms with Crippen LogP contribution in [0.2, 0.25) is 0 Å². The van der Waals surface area contributed by atoms with Crippen molar-refractivity contribution < 1.29 is 28.9 Å². The van der Waals surface area contributed by atoms with Gasteiger partial charge in [0.2, 0.25) is 0 Å². The molecule has 1 N–H and O–H groups in total. The summed E-state index contributed by atoms with van der Waals surface area (Å²) in [6.45, 7) is 6.29. The Kier molecular flexibility index (Phi) is 4.86. The largest absolute Gasteiger partial charge is 0.462 e. The number of piperidine rings is 1. The van der Waals surface area contributed by atoms with Gasteiger partial charge in [-0.1, -0.05) is 32.0 Å². The SMILES string of the molecule is CCN1C[C@]2(C)CC[C@H](OC)[C@]34C1[C@H]([C@@H](OC(=O)c1ccccc1)C23)[C@@]1(O)CC[C@H]2C[C@H]4C1C(=O)O2. The van der Waals surface area contributed by atoms with Gasteiger partial charge in [0.25, 0.3) is 0 Å². The normalized spacial score (nSPS) is 50.4. The van der Waals surface area contributed by atoms with E-state index in [-0.39, 0.29) is 58.8 Å². The van der Waals surface area contributed by atoms with Crippen LogP contribution in [0.5, 0.6) is 0 Å². The number of hydrogen-bond acceptors (Lipinski definition) is 7. The van der Waals surface area contributed by atoms with Gasteiger partial charge in [0.05, 0.1) is 23.2 Å². The topological polar surface area (TPSA) is 85.3 Å². The molecule has 0 radical (unpaired) electrons. The Labute approximate surface area is 212 Å². The number of likely N-dealkylation sites (tertiary alicyclic amines) is 1. The van der Waals surface area contributed by atoms with Gasteiger partial charge >= 0.3 is 11.9 Å². The van der Waals surface area contributed by atoms with Crippen LogP contribution in [0.25, 0.3) is 0 Å². The Balaban J connectivity index is 1.46. The van der Waals surface area contributed by atoms with Gasteiger partial charge in [-0.2, -0.15) is 0 Å². The van der Waals surface area contributed by atoms with Crippen molar-refractivity contribution in [1.29, 1.82) is 0 Å². The number of carbonyl (C=O) groups excluding carboxylic acids is 2. The summed E-state index contributed by atoms with van der Waals surface area (Å²) in [6.07, 6.45) is 3.10. The first-order valence-electron chi connectivity index (χ1n) is 13.8. The van der Waals surface area contributed by atoms with Crippen molar-refractivity contribution >= 4 is 11.9 Å². The van der Waals surface area contributed by atoms with Crippen molar-refractivity contribution in [3.63, 3.8) is 0 Å². The van der Waals surface area contributed by atoms with Gasteiger partial charge in [-0.3, -0.25) is 9.69 Å². The van der Waals surface area contributed by atoms with E-state index in [2.05, 4.69) is 18.7 Å². The summed E-state index contributed by atoms with van der Waals surface area (Å²) < 4.78 is 18.7. The van der Waals surface area contributed by atoms with E-state index in [0.717, 1.165) is 32.4 Å².